The molecule has 0 radical (unpaired) electrons. The van der Waals surface area contributed by atoms with E-state index in [0.717, 1.165) is 10.2 Å². The van der Waals surface area contributed by atoms with Crippen molar-refractivity contribution in [3.63, 3.8) is 0 Å². The van der Waals surface area contributed by atoms with Crippen molar-refractivity contribution in [3.8, 4) is 0 Å². The highest BCUT2D eigenvalue weighted by Crippen LogP contribution is 2.19. The lowest BCUT2D eigenvalue weighted by Crippen LogP contribution is -2.28. The third-order valence-corrected chi connectivity index (χ3v) is 3.36. The monoisotopic (exact) mass is 314 g/mol. The molecule has 0 fully saturated rings. The lowest BCUT2D eigenvalue weighted by atomic mass is 10.2. The highest BCUT2D eigenvalue weighted by molar-refractivity contribution is 9.10. The zero-order valence-electron chi connectivity index (χ0n) is 10.8. The molecular formula is C13H19BrN2O2. The second kappa shape index (κ2) is 8.11. The molecule has 0 bridgehead atoms. The highest BCUT2D eigenvalue weighted by Gasteiger charge is 2.01. The van der Waals surface area contributed by atoms with Gasteiger partial charge in [-0.05, 0) is 30.7 Å². The number of amides is 1. The first-order valence-corrected chi connectivity index (χ1v) is 6.68. The van der Waals surface area contributed by atoms with Crippen LogP contribution in [0.4, 0.5) is 5.69 Å². The van der Waals surface area contributed by atoms with Gasteiger partial charge in [-0.3, -0.25) is 4.79 Å². The number of halogens is 1. The first kappa shape index (κ1) is 15.0. The number of rotatable bonds is 7. The lowest BCUT2D eigenvalue weighted by molar-refractivity contribution is -0.121. The summed E-state index contributed by atoms with van der Waals surface area (Å²) in [6.07, 6.45) is 0.457. The number of ether oxygens (including phenoxy) is 1. The van der Waals surface area contributed by atoms with Crippen molar-refractivity contribution < 1.29 is 9.53 Å². The molecule has 0 saturated heterocycles. The molecule has 0 unspecified atom stereocenters. The Kier molecular flexibility index (Phi) is 6.75. The van der Waals surface area contributed by atoms with Crippen LogP contribution >= 0.6 is 15.9 Å². The van der Waals surface area contributed by atoms with Crippen LogP contribution in [0.1, 0.15) is 12.0 Å². The fraction of sp³-hybridized carbons (Fsp3) is 0.462. The third kappa shape index (κ3) is 5.51. The third-order valence-electron chi connectivity index (χ3n) is 2.47. The van der Waals surface area contributed by atoms with E-state index in [-0.39, 0.29) is 5.91 Å². The van der Waals surface area contributed by atoms with E-state index in [1.165, 1.54) is 5.56 Å². The molecule has 18 heavy (non-hydrogen) atoms. The fourth-order valence-corrected chi connectivity index (χ4v) is 1.70. The fourth-order valence-electron chi connectivity index (χ4n) is 1.46. The van der Waals surface area contributed by atoms with Crippen molar-refractivity contribution in [2.75, 3.05) is 32.1 Å². The van der Waals surface area contributed by atoms with Gasteiger partial charge in [0.05, 0.1) is 6.61 Å². The minimum atomic E-state index is 0.0355. The summed E-state index contributed by atoms with van der Waals surface area (Å²) in [5.41, 5.74) is 2.20. The van der Waals surface area contributed by atoms with E-state index in [0.29, 0.717) is 26.1 Å². The second-order valence-electron chi connectivity index (χ2n) is 3.98. The van der Waals surface area contributed by atoms with Gasteiger partial charge < -0.3 is 15.4 Å². The minimum Gasteiger partial charge on any atom is -0.385 e. The Balaban J connectivity index is 2.24. The maximum atomic E-state index is 11.4. The van der Waals surface area contributed by atoms with Gasteiger partial charge in [-0.1, -0.05) is 15.9 Å². The molecule has 0 aliphatic rings. The Morgan fingerprint density at radius 2 is 2.17 bits per heavy atom. The number of nitrogens with one attached hydrogen (secondary N) is 2. The summed E-state index contributed by atoms with van der Waals surface area (Å²) in [7, 11) is 1.61. The summed E-state index contributed by atoms with van der Waals surface area (Å²) in [6.45, 7) is 3.77. The SMILES string of the molecule is COCCNC(=O)CCNc1ccc(Br)c(C)c1. The summed E-state index contributed by atoms with van der Waals surface area (Å²) in [5, 5.41) is 6.00. The standard InChI is InChI=1S/C13H19BrN2O2/c1-10-9-11(3-4-12(10)14)15-6-5-13(17)16-7-8-18-2/h3-4,9,15H,5-8H2,1-2H3,(H,16,17). The second-order valence-corrected chi connectivity index (χ2v) is 4.84. The van der Waals surface area contributed by atoms with Crippen LogP contribution in [-0.4, -0.2) is 32.7 Å². The van der Waals surface area contributed by atoms with Gasteiger partial charge in [0, 0.05) is 36.8 Å². The Labute approximate surface area is 116 Å². The van der Waals surface area contributed by atoms with E-state index < -0.39 is 0 Å². The molecule has 1 amide bonds. The van der Waals surface area contributed by atoms with Crippen molar-refractivity contribution in [2.24, 2.45) is 0 Å². The van der Waals surface area contributed by atoms with Crippen molar-refractivity contribution in [1.29, 1.82) is 0 Å². The highest BCUT2D eigenvalue weighted by atomic mass is 79.9. The summed E-state index contributed by atoms with van der Waals surface area (Å²) in [6, 6.07) is 6.03. The van der Waals surface area contributed by atoms with E-state index >= 15 is 0 Å². The molecule has 0 aromatic heterocycles. The number of carbonyl (C=O) groups excluding carboxylic acids is 1. The first-order chi connectivity index (χ1) is 8.63. The van der Waals surface area contributed by atoms with Gasteiger partial charge in [-0.25, -0.2) is 0 Å². The number of methoxy groups -OCH3 is 1. The average Bonchev–Trinajstić information content (AvgIpc) is 2.34. The van der Waals surface area contributed by atoms with E-state index in [4.69, 9.17) is 4.74 Å². The smallest absolute Gasteiger partial charge is 0.221 e. The average molecular weight is 315 g/mol. The zero-order chi connectivity index (χ0) is 13.4. The molecule has 0 atom stereocenters. The Morgan fingerprint density at radius 1 is 1.39 bits per heavy atom. The summed E-state index contributed by atoms with van der Waals surface area (Å²) < 4.78 is 5.94. The van der Waals surface area contributed by atoms with Crippen molar-refractivity contribution in [2.45, 2.75) is 13.3 Å². The molecule has 1 aromatic rings. The van der Waals surface area contributed by atoms with Crippen molar-refractivity contribution >= 4 is 27.5 Å². The number of benzene rings is 1. The molecule has 5 heteroatoms. The van der Waals surface area contributed by atoms with E-state index in [1.54, 1.807) is 7.11 Å². The molecule has 1 rings (SSSR count). The van der Waals surface area contributed by atoms with Gasteiger partial charge in [0.25, 0.3) is 0 Å². The normalized spacial score (nSPS) is 10.2. The molecule has 0 aliphatic heterocycles. The Morgan fingerprint density at radius 3 is 2.83 bits per heavy atom. The lowest BCUT2D eigenvalue weighted by Gasteiger charge is -2.08. The summed E-state index contributed by atoms with van der Waals surface area (Å²) in [4.78, 5) is 11.4. The molecule has 4 nitrogen and oxygen atoms in total. The molecule has 0 saturated carbocycles. The maximum absolute atomic E-state index is 11.4. The number of carbonyl (C=O) groups is 1. The van der Waals surface area contributed by atoms with Crippen molar-refractivity contribution in [3.05, 3.63) is 28.2 Å². The van der Waals surface area contributed by atoms with Gasteiger partial charge in [-0.2, -0.15) is 0 Å². The zero-order valence-corrected chi connectivity index (χ0v) is 12.3. The molecule has 1 aromatic carbocycles. The summed E-state index contributed by atoms with van der Waals surface area (Å²) in [5.74, 6) is 0.0355. The van der Waals surface area contributed by atoms with Crippen molar-refractivity contribution in [1.82, 2.24) is 5.32 Å². The largest absolute Gasteiger partial charge is 0.385 e. The Bertz CT molecular complexity index is 397. The van der Waals surface area contributed by atoms with E-state index in [2.05, 4.69) is 26.6 Å². The number of hydrogen-bond donors (Lipinski definition) is 2. The van der Waals surface area contributed by atoms with Gasteiger partial charge >= 0.3 is 0 Å². The van der Waals surface area contributed by atoms with Crippen LogP contribution in [0.3, 0.4) is 0 Å². The number of aryl methyl sites for hydroxylation is 1. The minimum absolute atomic E-state index is 0.0355. The van der Waals surface area contributed by atoms with Gasteiger partial charge in [-0.15, -0.1) is 0 Å². The topological polar surface area (TPSA) is 50.4 Å². The predicted molar refractivity (Wildman–Crippen MR) is 76.9 cm³/mol. The van der Waals surface area contributed by atoms with Crippen LogP contribution in [0.15, 0.2) is 22.7 Å². The molecule has 0 aliphatic carbocycles. The van der Waals surface area contributed by atoms with Gasteiger partial charge in [0.2, 0.25) is 5.91 Å². The summed E-state index contributed by atoms with van der Waals surface area (Å²) >= 11 is 3.45. The predicted octanol–water partition coefficient (Wildman–Crippen LogP) is 2.32. The quantitative estimate of drug-likeness (QED) is 0.759. The van der Waals surface area contributed by atoms with Gasteiger partial charge in [0.1, 0.15) is 0 Å². The van der Waals surface area contributed by atoms with Crippen LogP contribution in [0.2, 0.25) is 0 Å². The number of anilines is 1. The van der Waals surface area contributed by atoms with Crippen LogP contribution in [0.25, 0.3) is 0 Å². The molecule has 0 spiro atoms. The van der Waals surface area contributed by atoms with E-state index in [9.17, 15) is 4.79 Å². The van der Waals surface area contributed by atoms with Crippen LogP contribution < -0.4 is 10.6 Å². The molecule has 0 heterocycles. The van der Waals surface area contributed by atoms with Crippen LogP contribution in [-0.2, 0) is 9.53 Å². The van der Waals surface area contributed by atoms with E-state index in [1.807, 2.05) is 25.1 Å². The molecular weight excluding hydrogens is 296 g/mol. The van der Waals surface area contributed by atoms with Crippen LogP contribution in [0, 0.1) is 6.92 Å². The Hall–Kier alpha value is -1.07. The van der Waals surface area contributed by atoms with Gasteiger partial charge in [0.15, 0.2) is 0 Å². The molecule has 2 N–H and O–H groups in total. The number of hydrogen-bond acceptors (Lipinski definition) is 3. The first-order valence-electron chi connectivity index (χ1n) is 5.89. The van der Waals surface area contributed by atoms with Crippen LogP contribution in [0.5, 0.6) is 0 Å². The molecule has 100 valence electrons. The maximum Gasteiger partial charge on any atom is 0.221 e.